The van der Waals surface area contributed by atoms with E-state index in [-0.39, 0.29) is 10.5 Å². The number of nitrogens with zero attached hydrogens (tertiary/aromatic N) is 1. The Morgan fingerprint density at radius 3 is 2.73 bits per heavy atom. The summed E-state index contributed by atoms with van der Waals surface area (Å²) in [5, 5.41) is 2.70. The van der Waals surface area contributed by atoms with Gasteiger partial charge in [0.05, 0.1) is 29.6 Å². The van der Waals surface area contributed by atoms with Gasteiger partial charge in [-0.05, 0) is 44.4 Å². The summed E-state index contributed by atoms with van der Waals surface area (Å²) in [6.45, 7) is 4.82. The van der Waals surface area contributed by atoms with Crippen molar-refractivity contribution in [2.24, 2.45) is 0 Å². The van der Waals surface area contributed by atoms with Gasteiger partial charge in [-0.3, -0.25) is 4.79 Å². The molecule has 1 saturated heterocycles. The van der Waals surface area contributed by atoms with Crippen molar-refractivity contribution >= 4 is 15.9 Å². The van der Waals surface area contributed by atoms with Gasteiger partial charge in [0.2, 0.25) is 10.0 Å². The summed E-state index contributed by atoms with van der Waals surface area (Å²) in [4.78, 5) is 13.7. The average Bonchev–Trinajstić information content (AvgIpc) is 2.60. The van der Waals surface area contributed by atoms with Crippen LogP contribution in [0.1, 0.15) is 43.0 Å². The van der Waals surface area contributed by atoms with Crippen molar-refractivity contribution in [2.75, 3.05) is 33.7 Å². The fourth-order valence-electron chi connectivity index (χ4n) is 3.29. The second kappa shape index (κ2) is 8.92. The largest absolute Gasteiger partial charge is 0.352 e. The quantitative estimate of drug-likeness (QED) is 0.676. The molecule has 1 heterocycles. The van der Waals surface area contributed by atoms with Crippen LogP contribution in [0.5, 0.6) is 0 Å². The maximum Gasteiger partial charge on any atom is 0.254 e. The van der Waals surface area contributed by atoms with Crippen LogP contribution in [0.4, 0.5) is 4.39 Å². The maximum atomic E-state index is 14.0. The Morgan fingerprint density at radius 1 is 1.35 bits per heavy atom. The van der Waals surface area contributed by atoms with E-state index in [4.69, 9.17) is 0 Å². The molecule has 2 rings (SSSR count). The summed E-state index contributed by atoms with van der Waals surface area (Å²) in [5.74, 6) is -1.31. The van der Waals surface area contributed by atoms with Gasteiger partial charge in [-0.15, -0.1) is 0 Å². The lowest BCUT2D eigenvalue weighted by molar-refractivity contribution is -0.928. The third-order valence-corrected chi connectivity index (χ3v) is 6.81. The molecule has 0 bridgehead atoms. The summed E-state index contributed by atoms with van der Waals surface area (Å²) in [5.41, 5.74) is -0.244. The number of carbonyl (C=O) groups is 1. The summed E-state index contributed by atoms with van der Waals surface area (Å²) >= 11 is 0. The first-order valence-electron chi connectivity index (χ1n) is 9.08. The Balaban J connectivity index is 1.94. The molecule has 26 heavy (non-hydrogen) atoms. The minimum atomic E-state index is -3.71. The Bertz CT molecular complexity index is 737. The van der Waals surface area contributed by atoms with Gasteiger partial charge in [-0.25, -0.2) is 17.1 Å². The van der Waals surface area contributed by atoms with Crippen molar-refractivity contribution in [3.05, 3.63) is 29.6 Å². The molecule has 2 atom stereocenters. The third-order valence-electron chi connectivity index (χ3n) is 5.00. The summed E-state index contributed by atoms with van der Waals surface area (Å²) in [6.07, 6.45) is 4.57. The number of nitrogens with one attached hydrogen (secondary N) is 2. The number of piperidine rings is 1. The molecule has 0 radical (unpaired) electrons. The van der Waals surface area contributed by atoms with Gasteiger partial charge in [0.15, 0.2) is 0 Å². The number of amides is 1. The Morgan fingerprint density at radius 2 is 2.08 bits per heavy atom. The molecule has 0 aliphatic carbocycles. The number of hydrogen-bond acceptors (Lipinski definition) is 3. The Kier molecular flexibility index (Phi) is 7.14. The Hall–Kier alpha value is -1.51. The average molecular weight is 387 g/mol. The lowest BCUT2D eigenvalue weighted by atomic mass is 10.0. The van der Waals surface area contributed by atoms with Gasteiger partial charge >= 0.3 is 0 Å². The molecule has 0 saturated carbocycles. The van der Waals surface area contributed by atoms with Gasteiger partial charge in [-0.2, -0.15) is 0 Å². The van der Waals surface area contributed by atoms with Crippen LogP contribution in [0.15, 0.2) is 23.1 Å². The zero-order valence-corrected chi connectivity index (χ0v) is 16.5. The van der Waals surface area contributed by atoms with E-state index in [0.717, 1.165) is 35.9 Å². The predicted octanol–water partition coefficient (Wildman–Crippen LogP) is 0.653. The molecule has 1 aliphatic rings. The third kappa shape index (κ3) is 5.02. The van der Waals surface area contributed by atoms with Crippen molar-refractivity contribution in [3.8, 4) is 0 Å². The molecular formula is C18H29FN3O3S+. The highest BCUT2D eigenvalue weighted by Gasteiger charge is 2.22. The number of halogens is 1. The molecule has 1 fully saturated rings. The fourth-order valence-corrected chi connectivity index (χ4v) is 4.22. The number of rotatable bonds is 7. The van der Waals surface area contributed by atoms with E-state index in [1.807, 2.05) is 0 Å². The summed E-state index contributed by atoms with van der Waals surface area (Å²) in [7, 11) is -0.930. The number of likely N-dealkylation sites (tertiary alicyclic amines) is 1. The van der Waals surface area contributed by atoms with Gasteiger partial charge in [-0.1, -0.05) is 0 Å². The lowest BCUT2D eigenvalue weighted by Gasteiger charge is -2.30. The minimum absolute atomic E-state index is 0.0966. The highest BCUT2D eigenvalue weighted by molar-refractivity contribution is 7.89. The molecule has 1 aromatic rings. The molecule has 1 aliphatic heterocycles. The van der Waals surface area contributed by atoms with Crippen molar-refractivity contribution in [1.82, 2.24) is 9.62 Å². The SMILES string of the molecule is C[C@@H]1CCCC[NH+]1CCCNC(=O)c1cc(S(=O)(=O)N(C)C)ccc1F. The predicted molar refractivity (Wildman–Crippen MR) is 98.2 cm³/mol. The van der Waals surface area contributed by atoms with Crippen molar-refractivity contribution in [1.29, 1.82) is 0 Å². The monoisotopic (exact) mass is 386 g/mol. The molecule has 0 spiro atoms. The number of sulfonamides is 1. The molecule has 8 heteroatoms. The molecule has 1 amide bonds. The van der Waals surface area contributed by atoms with E-state index in [1.54, 1.807) is 4.90 Å². The number of hydrogen-bond donors (Lipinski definition) is 2. The number of benzene rings is 1. The van der Waals surface area contributed by atoms with Crippen LogP contribution in [0, 0.1) is 5.82 Å². The van der Waals surface area contributed by atoms with E-state index >= 15 is 0 Å². The van der Waals surface area contributed by atoms with E-state index in [2.05, 4.69) is 12.2 Å². The van der Waals surface area contributed by atoms with Gasteiger partial charge in [0.1, 0.15) is 5.82 Å². The molecule has 6 nitrogen and oxygen atoms in total. The standard InChI is InChI=1S/C18H28FN3O3S/c1-14-7-4-5-11-22(14)12-6-10-20-18(23)16-13-15(8-9-17(16)19)26(24,25)21(2)3/h8-9,13-14H,4-7,10-12H2,1-3H3,(H,20,23)/p+1/t14-/m1/s1. The van der Waals surface area contributed by atoms with Crippen LogP contribution in [-0.4, -0.2) is 58.4 Å². The molecule has 0 aromatic heterocycles. The van der Waals surface area contributed by atoms with Crippen molar-refractivity contribution in [2.45, 2.75) is 43.5 Å². The first kappa shape index (κ1) is 20.8. The van der Waals surface area contributed by atoms with Gasteiger partial charge < -0.3 is 10.2 Å². The van der Waals surface area contributed by atoms with Crippen molar-refractivity contribution < 1.29 is 22.5 Å². The molecule has 1 unspecified atom stereocenters. The Labute approximate surface area is 155 Å². The molecule has 2 N–H and O–H groups in total. The lowest BCUT2D eigenvalue weighted by Crippen LogP contribution is -3.16. The van der Waals surface area contributed by atoms with Crippen LogP contribution in [0.25, 0.3) is 0 Å². The zero-order valence-electron chi connectivity index (χ0n) is 15.7. The molecular weight excluding hydrogens is 357 g/mol. The topological polar surface area (TPSA) is 70.9 Å². The van der Waals surface area contributed by atoms with Crippen LogP contribution in [0.2, 0.25) is 0 Å². The highest BCUT2D eigenvalue weighted by Crippen LogP contribution is 2.17. The molecule has 1 aromatic carbocycles. The van der Waals surface area contributed by atoms with E-state index in [9.17, 15) is 17.6 Å². The van der Waals surface area contributed by atoms with E-state index in [0.29, 0.717) is 12.6 Å². The smallest absolute Gasteiger partial charge is 0.254 e. The van der Waals surface area contributed by atoms with Crippen LogP contribution in [-0.2, 0) is 10.0 Å². The number of carbonyl (C=O) groups excluding carboxylic acids is 1. The van der Waals surface area contributed by atoms with E-state index in [1.165, 1.54) is 39.4 Å². The summed E-state index contributed by atoms with van der Waals surface area (Å²) in [6, 6.07) is 3.93. The fraction of sp³-hybridized carbons (Fsp3) is 0.611. The van der Waals surface area contributed by atoms with Crippen LogP contribution >= 0.6 is 0 Å². The summed E-state index contributed by atoms with van der Waals surface area (Å²) < 4.78 is 39.3. The van der Waals surface area contributed by atoms with Crippen molar-refractivity contribution in [3.63, 3.8) is 0 Å². The first-order chi connectivity index (χ1) is 12.2. The van der Waals surface area contributed by atoms with E-state index < -0.39 is 21.7 Å². The van der Waals surface area contributed by atoms with Crippen LogP contribution < -0.4 is 10.2 Å². The number of quaternary nitrogens is 1. The molecule has 146 valence electrons. The first-order valence-corrected chi connectivity index (χ1v) is 10.5. The minimum Gasteiger partial charge on any atom is -0.352 e. The normalized spacial score (nSPS) is 21.0. The van der Waals surface area contributed by atoms with Gasteiger partial charge in [0.25, 0.3) is 5.91 Å². The second-order valence-electron chi connectivity index (χ2n) is 7.09. The highest BCUT2D eigenvalue weighted by atomic mass is 32.2. The maximum absolute atomic E-state index is 14.0. The zero-order chi connectivity index (χ0) is 19.3. The van der Waals surface area contributed by atoms with Crippen LogP contribution in [0.3, 0.4) is 0 Å². The second-order valence-corrected chi connectivity index (χ2v) is 9.25. The van der Waals surface area contributed by atoms with Gasteiger partial charge in [0, 0.05) is 27.1 Å².